The Balaban J connectivity index is 2.98. The fourth-order valence-corrected chi connectivity index (χ4v) is 1.71. The lowest BCUT2D eigenvalue weighted by Gasteiger charge is -2.17. The van der Waals surface area contributed by atoms with E-state index in [0.29, 0.717) is 6.54 Å². The lowest BCUT2D eigenvalue weighted by atomic mass is 9.97. The zero-order chi connectivity index (χ0) is 12.1. The molecule has 0 saturated carbocycles. The topological polar surface area (TPSA) is 61.3 Å². The molecule has 1 aromatic carbocycles. The summed E-state index contributed by atoms with van der Waals surface area (Å²) in [5, 5.41) is 0. The number of hydrogen-bond donors (Lipinski definition) is 2. The summed E-state index contributed by atoms with van der Waals surface area (Å²) >= 11 is 0. The van der Waals surface area contributed by atoms with E-state index in [0.717, 1.165) is 29.9 Å². The Bertz CT molecular complexity index is 350. The molecule has 0 aliphatic heterocycles. The monoisotopic (exact) mass is 222 g/mol. The summed E-state index contributed by atoms with van der Waals surface area (Å²) in [6, 6.07) is 3.92. The van der Waals surface area contributed by atoms with Crippen LogP contribution in [-0.4, -0.2) is 13.2 Å². The predicted molar refractivity (Wildman–Crippen MR) is 67.7 cm³/mol. The molecule has 3 heteroatoms. The predicted octanol–water partition coefficient (Wildman–Crippen LogP) is 2.05. The van der Waals surface area contributed by atoms with E-state index < -0.39 is 0 Å². The normalized spacial score (nSPS) is 12.6. The van der Waals surface area contributed by atoms with Crippen LogP contribution in [0, 0.1) is 13.8 Å². The Morgan fingerprint density at radius 2 is 1.94 bits per heavy atom. The van der Waals surface area contributed by atoms with Crippen molar-refractivity contribution in [1.82, 2.24) is 0 Å². The molecule has 0 fully saturated rings. The molecule has 0 amide bonds. The number of nitrogens with two attached hydrogens (primary N) is 2. The molecule has 1 rings (SSSR count). The molecule has 0 aliphatic carbocycles. The average Bonchev–Trinajstić information content (AvgIpc) is 2.30. The fourth-order valence-electron chi connectivity index (χ4n) is 1.71. The van der Waals surface area contributed by atoms with Crippen molar-refractivity contribution in [2.24, 2.45) is 11.5 Å². The Labute approximate surface area is 97.8 Å². The van der Waals surface area contributed by atoms with Crippen molar-refractivity contribution in [3.8, 4) is 5.75 Å². The van der Waals surface area contributed by atoms with E-state index in [9.17, 15) is 0 Å². The van der Waals surface area contributed by atoms with Crippen molar-refractivity contribution in [3.63, 3.8) is 0 Å². The zero-order valence-corrected chi connectivity index (χ0v) is 10.4. The summed E-state index contributed by atoms with van der Waals surface area (Å²) in [5.41, 5.74) is 15.0. The number of benzene rings is 1. The van der Waals surface area contributed by atoms with Crippen molar-refractivity contribution < 1.29 is 4.74 Å². The third-order valence-corrected chi connectivity index (χ3v) is 2.89. The minimum absolute atomic E-state index is 0.0843. The minimum Gasteiger partial charge on any atom is -0.493 e. The first-order valence-corrected chi connectivity index (χ1v) is 5.80. The smallest absolute Gasteiger partial charge is 0.122 e. The van der Waals surface area contributed by atoms with Gasteiger partial charge in [-0.15, -0.1) is 0 Å². The molecule has 4 N–H and O–H groups in total. The summed E-state index contributed by atoms with van der Waals surface area (Å²) in [7, 11) is 0. The third-order valence-electron chi connectivity index (χ3n) is 2.89. The van der Waals surface area contributed by atoms with Crippen LogP contribution < -0.4 is 16.2 Å². The van der Waals surface area contributed by atoms with Gasteiger partial charge in [0.25, 0.3) is 0 Å². The van der Waals surface area contributed by atoms with Gasteiger partial charge in [-0.25, -0.2) is 0 Å². The van der Waals surface area contributed by atoms with Gasteiger partial charge in [-0.05, 0) is 43.0 Å². The second-order valence-corrected chi connectivity index (χ2v) is 4.09. The molecule has 1 unspecified atom stereocenters. The van der Waals surface area contributed by atoms with Gasteiger partial charge in [0.15, 0.2) is 0 Å². The molecule has 0 aromatic heterocycles. The van der Waals surface area contributed by atoms with Crippen molar-refractivity contribution >= 4 is 0 Å². The molecule has 0 saturated heterocycles. The summed E-state index contributed by atoms with van der Waals surface area (Å²) in [6.45, 7) is 7.45. The van der Waals surface area contributed by atoms with Gasteiger partial charge in [-0.2, -0.15) is 0 Å². The number of rotatable bonds is 5. The summed E-state index contributed by atoms with van der Waals surface area (Å²) < 4.78 is 5.66. The largest absolute Gasteiger partial charge is 0.493 e. The van der Waals surface area contributed by atoms with Crippen LogP contribution in [0.15, 0.2) is 12.1 Å². The molecule has 3 nitrogen and oxygen atoms in total. The van der Waals surface area contributed by atoms with Crippen LogP contribution in [0.3, 0.4) is 0 Å². The first-order chi connectivity index (χ1) is 7.61. The quantitative estimate of drug-likeness (QED) is 0.801. The molecule has 1 atom stereocenters. The maximum absolute atomic E-state index is 5.95. The van der Waals surface area contributed by atoms with Gasteiger partial charge in [0.2, 0.25) is 0 Å². The Kier molecular flexibility index (Phi) is 4.77. The Morgan fingerprint density at radius 3 is 2.50 bits per heavy atom. The molecule has 0 radical (unpaired) electrons. The van der Waals surface area contributed by atoms with Crippen LogP contribution in [0.4, 0.5) is 0 Å². The van der Waals surface area contributed by atoms with Gasteiger partial charge in [-0.3, -0.25) is 0 Å². The van der Waals surface area contributed by atoms with Gasteiger partial charge in [0.05, 0.1) is 6.61 Å². The highest BCUT2D eigenvalue weighted by Gasteiger charge is 2.11. The molecule has 0 heterocycles. The van der Waals surface area contributed by atoms with Crippen molar-refractivity contribution in [2.45, 2.75) is 33.2 Å². The van der Waals surface area contributed by atoms with Crippen LogP contribution in [-0.2, 0) is 0 Å². The highest BCUT2D eigenvalue weighted by atomic mass is 16.5. The summed E-state index contributed by atoms with van der Waals surface area (Å²) in [5.74, 6) is 0.951. The molecule has 1 aromatic rings. The van der Waals surface area contributed by atoms with Crippen molar-refractivity contribution in [3.05, 3.63) is 28.8 Å². The molecular formula is C13H22N2O. The maximum atomic E-state index is 5.95. The summed E-state index contributed by atoms with van der Waals surface area (Å²) in [6.07, 6.45) is 1.02. The Morgan fingerprint density at radius 1 is 1.25 bits per heavy atom. The van der Waals surface area contributed by atoms with Crippen LogP contribution >= 0.6 is 0 Å². The van der Waals surface area contributed by atoms with Gasteiger partial charge < -0.3 is 16.2 Å². The highest BCUT2D eigenvalue weighted by molar-refractivity contribution is 5.44. The summed E-state index contributed by atoms with van der Waals surface area (Å²) in [4.78, 5) is 0. The molecule has 0 bridgehead atoms. The van der Waals surface area contributed by atoms with Gasteiger partial charge >= 0.3 is 0 Å². The Hall–Kier alpha value is -1.06. The first kappa shape index (κ1) is 13.0. The van der Waals surface area contributed by atoms with Crippen LogP contribution in [0.1, 0.15) is 36.1 Å². The highest BCUT2D eigenvalue weighted by Crippen LogP contribution is 2.26. The van der Waals surface area contributed by atoms with E-state index >= 15 is 0 Å². The molecule has 0 spiro atoms. The van der Waals surface area contributed by atoms with E-state index in [-0.39, 0.29) is 6.04 Å². The van der Waals surface area contributed by atoms with Gasteiger partial charge in [0, 0.05) is 12.6 Å². The second-order valence-electron chi connectivity index (χ2n) is 4.09. The van der Waals surface area contributed by atoms with E-state index in [4.69, 9.17) is 16.2 Å². The van der Waals surface area contributed by atoms with Crippen LogP contribution in [0.5, 0.6) is 5.75 Å². The van der Waals surface area contributed by atoms with Crippen LogP contribution in [0.25, 0.3) is 0 Å². The van der Waals surface area contributed by atoms with E-state index in [1.807, 2.05) is 12.1 Å². The third kappa shape index (κ3) is 2.74. The molecule has 0 aliphatic rings. The van der Waals surface area contributed by atoms with E-state index in [1.54, 1.807) is 0 Å². The molecule has 16 heavy (non-hydrogen) atoms. The maximum Gasteiger partial charge on any atom is 0.122 e. The molecular weight excluding hydrogens is 200 g/mol. The van der Waals surface area contributed by atoms with Gasteiger partial charge in [-0.1, -0.05) is 13.0 Å². The van der Waals surface area contributed by atoms with E-state index in [2.05, 4.69) is 20.8 Å². The second kappa shape index (κ2) is 5.87. The van der Waals surface area contributed by atoms with Crippen molar-refractivity contribution in [2.75, 3.05) is 13.2 Å². The fraction of sp³-hybridized carbons (Fsp3) is 0.538. The lowest BCUT2D eigenvalue weighted by Crippen LogP contribution is -2.22. The SMILES string of the molecule is CCCOc1ccc(C(N)CN)c(C)c1C. The standard InChI is InChI=1S/C13H22N2O/c1-4-7-16-13-6-5-11(12(15)8-14)9(2)10(13)3/h5-6,12H,4,7-8,14-15H2,1-3H3. The average molecular weight is 222 g/mol. The van der Waals surface area contributed by atoms with E-state index in [1.165, 1.54) is 5.56 Å². The van der Waals surface area contributed by atoms with Gasteiger partial charge in [0.1, 0.15) is 5.75 Å². The first-order valence-electron chi connectivity index (χ1n) is 5.80. The zero-order valence-electron chi connectivity index (χ0n) is 10.4. The lowest BCUT2D eigenvalue weighted by molar-refractivity contribution is 0.315. The number of ether oxygens (including phenoxy) is 1. The van der Waals surface area contributed by atoms with Crippen LogP contribution in [0.2, 0.25) is 0 Å². The van der Waals surface area contributed by atoms with Crippen molar-refractivity contribution in [1.29, 1.82) is 0 Å². The minimum atomic E-state index is -0.0843. The molecule has 90 valence electrons. The number of hydrogen-bond acceptors (Lipinski definition) is 3.